The molecule has 2 heterocycles. The highest BCUT2D eigenvalue weighted by Gasteiger charge is 2.50. The molecule has 1 aromatic heterocycles. The molecule has 2 fully saturated rings. The molecule has 3 heteroatoms. The Morgan fingerprint density at radius 1 is 1.30 bits per heavy atom. The van der Waals surface area contributed by atoms with E-state index >= 15 is 0 Å². The summed E-state index contributed by atoms with van der Waals surface area (Å²) in [5.74, 6) is 0. The van der Waals surface area contributed by atoms with Gasteiger partial charge in [0.05, 0.1) is 5.60 Å². The largest absolute Gasteiger partial charge is 0.375 e. The molecule has 1 aliphatic heterocycles. The molecule has 3 rings (SSSR count). The zero-order valence-corrected chi connectivity index (χ0v) is 12.5. The van der Waals surface area contributed by atoms with E-state index in [0.717, 1.165) is 25.9 Å². The van der Waals surface area contributed by atoms with E-state index in [1.54, 1.807) is 0 Å². The second-order valence-electron chi connectivity index (χ2n) is 6.55. The van der Waals surface area contributed by atoms with Gasteiger partial charge in [-0.1, -0.05) is 25.8 Å². The van der Waals surface area contributed by atoms with Gasteiger partial charge in [0, 0.05) is 30.0 Å². The fourth-order valence-electron chi connectivity index (χ4n) is 4.28. The first-order valence-corrected chi connectivity index (χ1v) is 8.02. The van der Waals surface area contributed by atoms with Gasteiger partial charge in [-0.05, 0) is 44.2 Å². The standard InChI is InChI=1S/C17H26N2O/c1-2-14(18)17(15-7-3-6-11-19-15)10-12-20-16(13-17)8-4-5-9-16/h3,6-7,11,14H,2,4-5,8-10,12-13,18H2,1H3. The lowest BCUT2D eigenvalue weighted by atomic mass is 9.65. The smallest absolute Gasteiger partial charge is 0.0692 e. The Kier molecular flexibility index (Phi) is 3.83. The Morgan fingerprint density at radius 2 is 2.10 bits per heavy atom. The number of aromatic nitrogens is 1. The molecule has 1 aliphatic carbocycles. The second kappa shape index (κ2) is 5.45. The van der Waals surface area contributed by atoms with Gasteiger partial charge in [-0.2, -0.15) is 0 Å². The summed E-state index contributed by atoms with van der Waals surface area (Å²) in [7, 11) is 0. The maximum absolute atomic E-state index is 6.57. The number of pyridine rings is 1. The lowest BCUT2D eigenvalue weighted by Crippen LogP contribution is -2.55. The maximum Gasteiger partial charge on any atom is 0.0692 e. The summed E-state index contributed by atoms with van der Waals surface area (Å²) in [6.07, 6.45) is 9.91. The van der Waals surface area contributed by atoms with Crippen LogP contribution in [0.5, 0.6) is 0 Å². The fourth-order valence-corrected chi connectivity index (χ4v) is 4.28. The van der Waals surface area contributed by atoms with E-state index in [-0.39, 0.29) is 17.1 Å². The molecule has 0 aromatic carbocycles. The third-order valence-electron chi connectivity index (χ3n) is 5.43. The molecule has 1 saturated carbocycles. The maximum atomic E-state index is 6.57. The van der Waals surface area contributed by atoms with Crippen molar-refractivity contribution in [1.29, 1.82) is 0 Å². The van der Waals surface area contributed by atoms with Gasteiger partial charge in [0.1, 0.15) is 0 Å². The van der Waals surface area contributed by atoms with E-state index in [1.165, 1.54) is 31.4 Å². The van der Waals surface area contributed by atoms with Crippen LogP contribution in [0, 0.1) is 0 Å². The van der Waals surface area contributed by atoms with Crippen LogP contribution in [0.3, 0.4) is 0 Å². The molecular formula is C17H26N2O. The minimum absolute atomic E-state index is 0.00139. The zero-order chi connectivity index (χ0) is 14.1. The number of hydrogen-bond acceptors (Lipinski definition) is 3. The van der Waals surface area contributed by atoms with Crippen molar-refractivity contribution >= 4 is 0 Å². The van der Waals surface area contributed by atoms with E-state index in [0.29, 0.717) is 0 Å². The van der Waals surface area contributed by atoms with Crippen LogP contribution < -0.4 is 5.73 Å². The van der Waals surface area contributed by atoms with Crippen LogP contribution in [0.2, 0.25) is 0 Å². The van der Waals surface area contributed by atoms with Crippen LogP contribution in [0.4, 0.5) is 0 Å². The minimum Gasteiger partial charge on any atom is -0.375 e. The highest BCUT2D eigenvalue weighted by molar-refractivity contribution is 5.23. The molecule has 1 spiro atoms. The average Bonchev–Trinajstić information content (AvgIpc) is 2.95. The average molecular weight is 274 g/mol. The van der Waals surface area contributed by atoms with Crippen LogP contribution >= 0.6 is 0 Å². The van der Waals surface area contributed by atoms with Gasteiger partial charge in [-0.15, -0.1) is 0 Å². The summed E-state index contributed by atoms with van der Waals surface area (Å²) in [6, 6.07) is 6.39. The monoisotopic (exact) mass is 274 g/mol. The Morgan fingerprint density at radius 3 is 2.75 bits per heavy atom. The quantitative estimate of drug-likeness (QED) is 0.921. The van der Waals surface area contributed by atoms with Crippen LogP contribution in [0.25, 0.3) is 0 Å². The van der Waals surface area contributed by atoms with Crippen LogP contribution in [-0.4, -0.2) is 23.2 Å². The minimum atomic E-state index is -0.00139. The number of nitrogens with two attached hydrogens (primary N) is 1. The lowest BCUT2D eigenvalue weighted by molar-refractivity contribution is -0.107. The molecule has 0 amide bonds. The van der Waals surface area contributed by atoms with Crippen LogP contribution in [0.1, 0.15) is 57.6 Å². The Bertz CT molecular complexity index is 442. The number of hydrogen-bond donors (Lipinski definition) is 1. The van der Waals surface area contributed by atoms with Crippen molar-refractivity contribution in [3.8, 4) is 0 Å². The topological polar surface area (TPSA) is 48.1 Å². The van der Waals surface area contributed by atoms with Crippen molar-refractivity contribution in [2.24, 2.45) is 5.73 Å². The van der Waals surface area contributed by atoms with Crippen molar-refractivity contribution in [1.82, 2.24) is 4.98 Å². The van der Waals surface area contributed by atoms with Crippen molar-refractivity contribution in [2.45, 2.75) is 68.9 Å². The van der Waals surface area contributed by atoms with E-state index < -0.39 is 0 Å². The van der Waals surface area contributed by atoms with Gasteiger partial charge in [-0.3, -0.25) is 4.98 Å². The van der Waals surface area contributed by atoms with E-state index in [2.05, 4.69) is 24.0 Å². The van der Waals surface area contributed by atoms with E-state index in [1.807, 2.05) is 12.3 Å². The van der Waals surface area contributed by atoms with Gasteiger partial charge in [0.15, 0.2) is 0 Å². The molecule has 2 N–H and O–H groups in total. The highest BCUT2D eigenvalue weighted by atomic mass is 16.5. The van der Waals surface area contributed by atoms with Crippen molar-refractivity contribution in [2.75, 3.05) is 6.61 Å². The zero-order valence-electron chi connectivity index (χ0n) is 12.5. The first-order valence-electron chi connectivity index (χ1n) is 8.02. The molecule has 1 aromatic rings. The molecule has 110 valence electrons. The molecule has 2 atom stereocenters. The predicted molar refractivity (Wildman–Crippen MR) is 80.6 cm³/mol. The Labute approximate surface area is 121 Å². The molecule has 20 heavy (non-hydrogen) atoms. The molecular weight excluding hydrogens is 248 g/mol. The summed E-state index contributed by atoms with van der Waals surface area (Å²) in [5, 5.41) is 0. The van der Waals surface area contributed by atoms with Crippen LogP contribution in [0.15, 0.2) is 24.4 Å². The summed E-state index contributed by atoms with van der Waals surface area (Å²) in [5.41, 5.74) is 7.81. The number of nitrogens with zero attached hydrogens (tertiary/aromatic N) is 1. The Hall–Kier alpha value is -0.930. The molecule has 3 nitrogen and oxygen atoms in total. The fraction of sp³-hybridized carbons (Fsp3) is 0.706. The van der Waals surface area contributed by atoms with Crippen LogP contribution in [-0.2, 0) is 10.2 Å². The summed E-state index contributed by atoms with van der Waals surface area (Å²) < 4.78 is 6.21. The SMILES string of the molecule is CCC(N)C1(c2ccccn2)CCOC2(CCCC2)C1. The van der Waals surface area contributed by atoms with Crippen molar-refractivity contribution in [3.05, 3.63) is 30.1 Å². The second-order valence-corrected chi connectivity index (χ2v) is 6.55. The normalized spacial score (nSPS) is 30.5. The molecule has 0 bridgehead atoms. The van der Waals surface area contributed by atoms with Gasteiger partial charge < -0.3 is 10.5 Å². The number of ether oxygens (including phenoxy) is 1. The van der Waals surface area contributed by atoms with E-state index in [9.17, 15) is 0 Å². The molecule has 1 saturated heterocycles. The van der Waals surface area contributed by atoms with Gasteiger partial charge in [0.2, 0.25) is 0 Å². The summed E-state index contributed by atoms with van der Waals surface area (Å²) in [4.78, 5) is 4.66. The van der Waals surface area contributed by atoms with E-state index in [4.69, 9.17) is 10.5 Å². The third kappa shape index (κ3) is 2.27. The first kappa shape index (κ1) is 14.0. The first-order chi connectivity index (χ1) is 9.71. The Balaban J connectivity index is 1.98. The predicted octanol–water partition coefficient (Wildman–Crippen LogP) is 3.18. The van der Waals surface area contributed by atoms with Gasteiger partial charge in [-0.25, -0.2) is 0 Å². The number of rotatable bonds is 3. The third-order valence-corrected chi connectivity index (χ3v) is 5.43. The molecule has 0 radical (unpaired) electrons. The highest BCUT2D eigenvalue weighted by Crippen LogP contribution is 2.49. The molecule has 2 aliphatic rings. The van der Waals surface area contributed by atoms with Gasteiger partial charge in [0.25, 0.3) is 0 Å². The summed E-state index contributed by atoms with van der Waals surface area (Å²) in [6.45, 7) is 3.01. The van der Waals surface area contributed by atoms with Crippen molar-refractivity contribution in [3.63, 3.8) is 0 Å². The molecule has 2 unspecified atom stereocenters. The lowest BCUT2D eigenvalue weighted by Gasteiger charge is -2.49. The van der Waals surface area contributed by atoms with Gasteiger partial charge >= 0.3 is 0 Å². The van der Waals surface area contributed by atoms with Crippen molar-refractivity contribution < 1.29 is 4.74 Å². The summed E-state index contributed by atoms with van der Waals surface area (Å²) >= 11 is 0.